The molecule has 2 aromatic heterocycles. The molecule has 4 rings (SSSR count). The second kappa shape index (κ2) is 7.52. The standard InChI is InChI=1S/C22H28BrN3O3/c1-5-6-7-19-24-17-11-26(27)18-10-15(23)8-9-16(18)20(17)25(19)12-22(4)13-28-21(2,3)29-14-22/h8-11H,5-7,12-14H2,1-4H3. The minimum atomic E-state index is -0.547. The van der Waals surface area contributed by atoms with Crippen LogP contribution in [-0.2, 0) is 22.4 Å². The first-order chi connectivity index (χ1) is 13.7. The molecule has 7 heteroatoms. The highest BCUT2D eigenvalue weighted by molar-refractivity contribution is 9.10. The van der Waals surface area contributed by atoms with Crippen molar-refractivity contribution in [3.63, 3.8) is 0 Å². The van der Waals surface area contributed by atoms with Crippen molar-refractivity contribution in [1.29, 1.82) is 0 Å². The van der Waals surface area contributed by atoms with Gasteiger partial charge in [0.25, 0.3) is 0 Å². The lowest BCUT2D eigenvalue weighted by molar-refractivity contribution is -0.575. The summed E-state index contributed by atoms with van der Waals surface area (Å²) < 4.78 is 16.0. The Hall–Kier alpha value is -1.70. The number of halogens is 1. The molecule has 3 heterocycles. The Morgan fingerprint density at radius 2 is 1.97 bits per heavy atom. The third-order valence-electron chi connectivity index (χ3n) is 5.60. The van der Waals surface area contributed by atoms with Gasteiger partial charge in [0.15, 0.2) is 11.3 Å². The lowest BCUT2D eigenvalue weighted by Crippen LogP contribution is -2.47. The first-order valence-corrected chi connectivity index (χ1v) is 11.0. The minimum absolute atomic E-state index is 0.172. The van der Waals surface area contributed by atoms with Crippen molar-refractivity contribution < 1.29 is 14.2 Å². The van der Waals surface area contributed by atoms with Crippen LogP contribution in [0.1, 0.15) is 46.4 Å². The van der Waals surface area contributed by atoms with Gasteiger partial charge in [0.05, 0.1) is 24.1 Å². The van der Waals surface area contributed by atoms with E-state index in [-0.39, 0.29) is 5.41 Å². The van der Waals surface area contributed by atoms with Crippen LogP contribution in [0.15, 0.2) is 28.9 Å². The first-order valence-electron chi connectivity index (χ1n) is 10.2. The molecule has 0 radical (unpaired) electrons. The second-order valence-electron chi connectivity index (χ2n) is 8.86. The van der Waals surface area contributed by atoms with Crippen LogP contribution in [0, 0.1) is 10.6 Å². The number of unbranched alkanes of at least 4 members (excludes halogenated alkanes) is 1. The van der Waals surface area contributed by atoms with Crippen LogP contribution in [0.2, 0.25) is 0 Å². The molecule has 1 aliphatic heterocycles. The number of benzene rings is 1. The Balaban J connectivity index is 1.86. The van der Waals surface area contributed by atoms with E-state index in [1.54, 1.807) is 6.20 Å². The summed E-state index contributed by atoms with van der Waals surface area (Å²) in [5.74, 6) is 0.470. The Morgan fingerprint density at radius 3 is 2.66 bits per heavy atom. The number of ether oxygens (including phenoxy) is 2. The van der Waals surface area contributed by atoms with Crippen LogP contribution in [-0.4, -0.2) is 28.6 Å². The molecule has 0 bridgehead atoms. The lowest BCUT2D eigenvalue weighted by atomic mass is 9.91. The molecule has 0 spiro atoms. The molecule has 1 aliphatic rings. The maximum Gasteiger partial charge on any atom is 0.227 e. The van der Waals surface area contributed by atoms with Crippen LogP contribution in [0.3, 0.4) is 0 Å². The molecule has 0 unspecified atom stereocenters. The number of aromatic nitrogens is 3. The maximum atomic E-state index is 12.6. The van der Waals surface area contributed by atoms with Crippen LogP contribution in [0.5, 0.6) is 0 Å². The summed E-state index contributed by atoms with van der Waals surface area (Å²) in [6, 6.07) is 5.83. The van der Waals surface area contributed by atoms with E-state index in [4.69, 9.17) is 14.5 Å². The van der Waals surface area contributed by atoms with Gasteiger partial charge < -0.3 is 19.2 Å². The fraction of sp³-hybridized carbons (Fsp3) is 0.545. The monoisotopic (exact) mass is 461 g/mol. The quantitative estimate of drug-likeness (QED) is 0.407. The highest BCUT2D eigenvalue weighted by Crippen LogP contribution is 2.34. The van der Waals surface area contributed by atoms with Gasteiger partial charge in [-0.3, -0.25) is 0 Å². The number of rotatable bonds is 5. The predicted octanol–water partition coefficient (Wildman–Crippen LogP) is 4.72. The SMILES string of the molecule is CCCCc1nc2c[n+]([O-])c3cc(Br)ccc3c2n1CC1(C)COC(C)(C)OC1. The Labute approximate surface area is 179 Å². The molecule has 1 saturated heterocycles. The molecule has 0 N–H and O–H groups in total. The average Bonchev–Trinajstić information content (AvgIpc) is 3.00. The molecule has 6 nitrogen and oxygen atoms in total. The van der Waals surface area contributed by atoms with Gasteiger partial charge in [-0.2, -0.15) is 4.73 Å². The Bertz CT molecular complexity index is 1050. The number of nitrogens with zero attached hydrogens (tertiary/aromatic N) is 3. The molecule has 0 amide bonds. The van der Waals surface area contributed by atoms with E-state index >= 15 is 0 Å². The van der Waals surface area contributed by atoms with E-state index in [9.17, 15) is 5.21 Å². The fourth-order valence-corrected chi connectivity index (χ4v) is 4.26. The van der Waals surface area contributed by atoms with Gasteiger partial charge in [0.2, 0.25) is 11.7 Å². The minimum Gasteiger partial charge on any atom is -0.618 e. The summed E-state index contributed by atoms with van der Waals surface area (Å²) in [6.45, 7) is 10.2. The molecule has 0 aliphatic carbocycles. The largest absolute Gasteiger partial charge is 0.618 e. The van der Waals surface area contributed by atoms with Gasteiger partial charge in [0.1, 0.15) is 5.82 Å². The first kappa shape index (κ1) is 20.6. The van der Waals surface area contributed by atoms with Crippen molar-refractivity contribution in [2.75, 3.05) is 13.2 Å². The average molecular weight is 462 g/mol. The molecule has 3 aromatic rings. The molecule has 29 heavy (non-hydrogen) atoms. The van der Waals surface area contributed by atoms with Crippen molar-refractivity contribution >= 4 is 37.9 Å². The van der Waals surface area contributed by atoms with E-state index in [1.165, 1.54) is 0 Å². The van der Waals surface area contributed by atoms with Gasteiger partial charge in [-0.1, -0.05) is 36.2 Å². The number of pyridine rings is 1. The molecular weight excluding hydrogens is 434 g/mol. The molecular formula is C22H28BrN3O3. The lowest BCUT2D eigenvalue weighted by Gasteiger charge is -2.41. The van der Waals surface area contributed by atoms with Gasteiger partial charge in [-0.15, -0.1) is 0 Å². The Kier molecular flexibility index (Phi) is 5.34. The van der Waals surface area contributed by atoms with Crippen molar-refractivity contribution in [3.05, 3.63) is 39.9 Å². The second-order valence-corrected chi connectivity index (χ2v) is 9.77. The van der Waals surface area contributed by atoms with Crippen molar-refractivity contribution in [2.24, 2.45) is 5.41 Å². The highest BCUT2D eigenvalue weighted by atomic mass is 79.9. The van der Waals surface area contributed by atoms with Crippen LogP contribution in [0.25, 0.3) is 21.9 Å². The number of imidazole rings is 1. The van der Waals surface area contributed by atoms with Crippen LogP contribution in [0.4, 0.5) is 0 Å². The summed E-state index contributed by atoms with van der Waals surface area (Å²) in [6.07, 6.45) is 4.62. The van der Waals surface area contributed by atoms with E-state index in [0.717, 1.165) is 57.3 Å². The summed E-state index contributed by atoms with van der Waals surface area (Å²) >= 11 is 3.48. The zero-order chi connectivity index (χ0) is 20.8. The maximum absolute atomic E-state index is 12.6. The molecule has 0 saturated carbocycles. The zero-order valence-corrected chi connectivity index (χ0v) is 19.1. The third kappa shape index (κ3) is 4.00. The van der Waals surface area contributed by atoms with E-state index in [0.29, 0.717) is 18.7 Å². The number of aryl methyl sites for hydroxylation is 1. The van der Waals surface area contributed by atoms with Gasteiger partial charge in [-0.05, 0) is 32.4 Å². The number of hydrogen-bond acceptors (Lipinski definition) is 4. The summed E-state index contributed by atoms with van der Waals surface area (Å²) in [5, 5.41) is 13.5. The van der Waals surface area contributed by atoms with Crippen molar-refractivity contribution in [2.45, 2.75) is 59.3 Å². The van der Waals surface area contributed by atoms with Crippen LogP contribution < -0.4 is 4.73 Å². The third-order valence-corrected chi connectivity index (χ3v) is 6.09. The molecule has 1 aromatic carbocycles. The van der Waals surface area contributed by atoms with E-state index in [1.807, 2.05) is 32.0 Å². The highest BCUT2D eigenvalue weighted by Gasteiger charge is 2.38. The Morgan fingerprint density at radius 1 is 1.24 bits per heavy atom. The topological polar surface area (TPSA) is 63.2 Å². The van der Waals surface area contributed by atoms with Crippen LogP contribution >= 0.6 is 15.9 Å². The van der Waals surface area contributed by atoms with Crippen molar-refractivity contribution in [3.8, 4) is 0 Å². The summed E-state index contributed by atoms with van der Waals surface area (Å²) in [7, 11) is 0. The zero-order valence-electron chi connectivity index (χ0n) is 17.5. The molecule has 0 atom stereocenters. The van der Waals surface area contributed by atoms with Gasteiger partial charge >= 0.3 is 0 Å². The molecule has 1 fully saturated rings. The number of hydrogen-bond donors (Lipinski definition) is 0. The van der Waals surface area contributed by atoms with Gasteiger partial charge in [-0.25, -0.2) is 4.98 Å². The smallest absolute Gasteiger partial charge is 0.227 e. The fourth-order valence-electron chi connectivity index (χ4n) is 3.91. The molecule has 156 valence electrons. The summed E-state index contributed by atoms with van der Waals surface area (Å²) in [5.41, 5.74) is 2.21. The van der Waals surface area contributed by atoms with E-state index in [2.05, 4.69) is 34.3 Å². The van der Waals surface area contributed by atoms with Gasteiger partial charge in [0, 0.05) is 28.9 Å². The number of fused-ring (bicyclic) bond motifs is 3. The van der Waals surface area contributed by atoms with Crippen molar-refractivity contribution in [1.82, 2.24) is 9.55 Å². The van der Waals surface area contributed by atoms with E-state index < -0.39 is 5.79 Å². The normalized spacial score (nSPS) is 18.5. The predicted molar refractivity (Wildman–Crippen MR) is 117 cm³/mol. The summed E-state index contributed by atoms with van der Waals surface area (Å²) in [4.78, 5) is 4.86.